The third-order valence-corrected chi connectivity index (χ3v) is 3.07. The van der Waals surface area contributed by atoms with E-state index in [1.165, 1.54) is 18.2 Å². The van der Waals surface area contributed by atoms with E-state index in [0.717, 1.165) is 17.8 Å². The quantitative estimate of drug-likeness (QED) is 0.636. The van der Waals surface area contributed by atoms with Crippen molar-refractivity contribution in [2.24, 2.45) is 0 Å². The Hall–Kier alpha value is -2.53. The normalized spacial score (nSPS) is 10.3. The molecule has 1 amide bonds. The van der Waals surface area contributed by atoms with E-state index in [-0.39, 0.29) is 23.0 Å². The molecule has 5 nitrogen and oxygen atoms in total. The van der Waals surface area contributed by atoms with Gasteiger partial charge in [-0.05, 0) is 36.4 Å². The van der Waals surface area contributed by atoms with E-state index in [1.807, 2.05) is 31.2 Å². The van der Waals surface area contributed by atoms with Gasteiger partial charge in [-0.2, -0.15) is 0 Å². The van der Waals surface area contributed by atoms with Crippen molar-refractivity contribution in [3.8, 4) is 11.5 Å². The maximum absolute atomic E-state index is 12.2. The van der Waals surface area contributed by atoms with Crippen molar-refractivity contribution in [3.63, 3.8) is 0 Å². The van der Waals surface area contributed by atoms with Crippen LogP contribution >= 0.6 is 0 Å². The minimum atomic E-state index is -0.339. The first-order valence-corrected chi connectivity index (χ1v) is 6.73. The molecule has 0 atom stereocenters. The molecular weight excluding hydrogens is 268 g/mol. The lowest BCUT2D eigenvalue weighted by atomic mass is 10.1. The third kappa shape index (κ3) is 3.73. The summed E-state index contributed by atoms with van der Waals surface area (Å²) in [5.41, 5.74) is 1.98. The molecule has 0 unspecified atom stereocenters. The Balaban J connectivity index is 2.17. The van der Waals surface area contributed by atoms with Gasteiger partial charge in [-0.15, -0.1) is 0 Å². The van der Waals surface area contributed by atoms with Crippen molar-refractivity contribution in [3.05, 3.63) is 53.6 Å². The van der Waals surface area contributed by atoms with E-state index in [2.05, 4.69) is 10.6 Å². The Morgan fingerprint density at radius 1 is 1.10 bits per heavy atom. The molecule has 0 fully saturated rings. The summed E-state index contributed by atoms with van der Waals surface area (Å²) in [6.45, 7) is 3.52. The Labute approximate surface area is 123 Å². The molecule has 0 saturated carbocycles. The van der Waals surface area contributed by atoms with E-state index in [4.69, 9.17) is 0 Å². The molecule has 0 heterocycles. The van der Waals surface area contributed by atoms with Crippen molar-refractivity contribution in [2.75, 3.05) is 11.9 Å². The Kier molecular flexibility index (Phi) is 4.79. The van der Waals surface area contributed by atoms with Gasteiger partial charge < -0.3 is 20.8 Å². The van der Waals surface area contributed by atoms with E-state index in [1.54, 1.807) is 0 Å². The summed E-state index contributed by atoms with van der Waals surface area (Å²) < 4.78 is 0. The number of rotatable bonds is 5. The molecule has 5 heteroatoms. The lowest BCUT2D eigenvalue weighted by molar-refractivity contribution is 0.102. The molecule has 0 aliphatic rings. The second-order valence-electron chi connectivity index (χ2n) is 4.60. The van der Waals surface area contributed by atoms with E-state index >= 15 is 0 Å². The predicted molar refractivity (Wildman–Crippen MR) is 81.5 cm³/mol. The highest BCUT2D eigenvalue weighted by Gasteiger charge is 2.11. The van der Waals surface area contributed by atoms with Crippen molar-refractivity contribution in [2.45, 2.75) is 13.5 Å². The maximum atomic E-state index is 12.2. The largest absolute Gasteiger partial charge is 0.504 e. The molecule has 0 spiro atoms. The van der Waals surface area contributed by atoms with Gasteiger partial charge in [0.15, 0.2) is 11.5 Å². The number of carbonyl (C=O) groups excluding carboxylic acids is 1. The number of phenols is 2. The molecule has 2 rings (SSSR count). The van der Waals surface area contributed by atoms with Crippen molar-refractivity contribution in [1.29, 1.82) is 0 Å². The molecule has 21 heavy (non-hydrogen) atoms. The molecule has 0 bridgehead atoms. The standard InChI is InChI=1S/C16H18N2O3/c1-2-17-10-12-5-3-4-6-13(12)18-16(21)11-7-8-14(19)15(20)9-11/h3-9,17,19-20H,2,10H2,1H3,(H,18,21). The molecule has 0 aliphatic carbocycles. The van der Waals surface area contributed by atoms with Gasteiger partial charge in [0.2, 0.25) is 0 Å². The van der Waals surface area contributed by atoms with Gasteiger partial charge in [0.1, 0.15) is 0 Å². The van der Waals surface area contributed by atoms with Crippen LogP contribution in [0.1, 0.15) is 22.8 Å². The van der Waals surface area contributed by atoms with Crippen LogP contribution in [-0.4, -0.2) is 22.7 Å². The van der Waals surface area contributed by atoms with Crippen LogP contribution in [0.4, 0.5) is 5.69 Å². The molecule has 2 aromatic rings. The molecule has 0 radical (unpaired) electrons. The van der Waals surface area contributed by atoms with Crippen molar-refractivity contribution in [1.82, 2.24) is 5.32 Å². The van der Waals surface area contributed by atoms with Gasteiger partial charge in [-0.1, -0.05) is 25.1 Å². The van der Waals surface area contributed by atoms with Crippen LogP contribution in [-0.2, 0) is 6.54 Å². The molecule has 0 aromatic heterocycles. The third-order valence-electron chi connectivity index (χ3n) is 3.07. The fraction of sp³-hybridized carbons (Fsp3) is 0.188. The summed E-state index contributed by atoms with van der Waals surface area (Å²) in [6, 6.07) is 11.5. The number of hydrogen-bond acceptors (Lipinski definition) is 4. The van der Waals surface area contributed by atoms with Crippen LogP contribution < -0.4 is 10.6 Å². The van der Waals surface area contributed by atoms with Crippen LogP contribution in [0.25, 0.3) is 0 Å². The smallest absolute Gasteiger partial charge is 0.255 e. The number of nitrogens with one attached hydrogen (secondary N) is 2. The lowest BCUT2D eigenvalue weighted by Crippen LogP contribution is -2.17. The molecule has 110 valence electrons. The Morgan fingerprint density at radius 3 is 2.57 bits per heavy atom. The first kappa shape index (κ1) is 14.9. The van der Waals surface area contributed by atoms with Crippen LogP contribution in [0.3, 0.4) is 0 Å². The fourth-order valence-corrected chi connectivity index (χ4v) is 1.92. The average Bonchev–Trinajstić information content (AvgIpc) is 2.49. The molecule has 0 aliphatic heterocycles. The van der Waals surface area contributed by atoms with Crippen LogP contribution in [0.5, 0.6) is 11.5 Å². The van der Waals surface area contributed by atoms with Gasteiger partial charge in [-0.3, -0.25) is 4.79 Å². The van der Waals surface area contributed by atoms with E-state index in [9.17, 15) is 15.0 Å². The zero-order chi connectivity index (χ0) is 15.2. The SMILES string of the molecule is CCNCc1ccccc1NC(=O)c1ccc(O)c(O)c1. The van der Waals surface area contributed by atoms with Gasteiger partial charge in [0, 0.05) is 17.8 Å². The zero-order valence-corrected chi connectivity index (χ0v) is 11.8. The monoisotopic (exact) mass is 286 g/mol. The van der Waals surface area contributed by atoms with Crippen molar-refractivity contribution < 1.29 is 15.0 Å². The van der Waals surface area contributed by atoms with Gasteiger partial charge in [0.05, 0.1) is 0 Å². The van der Waals surface area contributed by atoms with Gasteiger partial charge in [0.25, 0.3) is 5.91 Å². The van der Waals surface area contributed by atoms with Crippen LogP contribution in [0.2, 0.25) is 0 Å². The summed E-state index contributed by atoms with van der Waals surface area (Å²) in [5.74, 6) is -0.906. The van der Waals surface area contributed by atoms with Crippen molar-refractivity contribution >= 4 is 11.6 Å². The molecule has 0 saturated heterocycles. The minimum absolute atomic E-state index is 0.251. The first-order valence-electron chi connectivity index (χ1n) is 6.73. The summed E-state index contributed by atoms with van der Waals surface area (Å²) in [5, 5.41) is 24.7. The number of carbonyl (C=O) groups is 1. The fourth-order valence-electron chi connectivity index (χ4n) is 1.92. The topological polar surface area (TPSA) is 81.6 Å². The minimum Gasteiger partial charge on any atom is -0.504 e. The molecule has 4 N–H and O–H groups in total. The first-order chi connectivity index (χ1) is 10.1. The number of hydrogen-bond donors (Lipinski definition) is 4. The second kappa shape index (κ2) is 6.76. The highest BCUT2D eigenvalue weighted by molar-refractivity contribution is 6.05. The average molecular weight is 286 g/mol. The maximum Gasteiger partial charge on any atom is 0.255 e. The van der Waals surface area contributed by atoms with E-state index in [0.29, 0.717) is 6.54 Å². The highest BCUT2D eigenvalue weighted by Crippen LogP contribution is 2.25. The second-order valence-corrected chi connectivity index (χ2v) is 4.60. The van der Waals surface area contributed by atoms with Crippen LogP contribution in [0.15, 0.2) is 42.5 Å². The number of phenolic OH excluding ortho intramolecular Hbond substituents is 2. The Morgan fingerprint density at radius 2 is 1.86 bits per heavy atom. The van der Waals surface area contributed by atoms with E-state index < -0.39 is 0 Å². The lowest BCUT2D eigenvalue weighted by Gasteiger charge is -2.11. The number of para-hydroxylation sites is 1. The van der Waals surface area contributed by atoms with Gasteiger partial charge in [-0.25, -0.2) is 0 Å². The number of benzene rings is 2. The number of anilines is 1. The highest BCUT2D eigenvalue weighted by atomic mass is 16.3. The summed E-state index contributed by atoms with van der Waals surface area (Å²) in [6.07, 6.45) is 0. The summed E-state index contributed by atoms with van der Waals surface area (Å²) in [7, 11) is 0. The Bertz CT molecular complexity index is 641. The molecular formula is C16H18N2O3. The number of amides is 1. The summed E-state index contributed by atoms with van der Waals surface area (Å²) >= 11 is 0. The zero-order valence-electron chi connectivity index (χ0n) is 11.8. The molecule has 2 aromatic carbocycles. The predicted octanol–water partition coefficient (Wildman–Crippen LogP) is 2.46. The summed E-state index contributed by atoms with van der Waals surface area (Å²) in [4.78, 5) is 12.2. The van der Waals surface area contributed by atoms with Crippen LogP contribution in [0, 0.1) is 0 Å². The van der Waals surface area contributed by atoms with Gasteiger partial charge >= 0.3 is 0 Å². The number of aromatic hydroxyl groups is 2.